The van der Waals surface area contributed by atoms with Crippen LogP contribution in [0.2, 0.25) is 0 Å². The Labute approximate surface area is 149 Å². The number of aromatic nitrogens is 2. The molecule has 0 spiro atoms. The van der Waals surface area contributed by atoms with Gasteiger partial charge in [-0.2, -0.15) is 5.26 Å². The van der Waals surface area contributed by atoms with Crippen LogP contribution in [0.4, 0.5) is 0 Å². The summed E-state index contributed by atoms with van der Waals surface area (Å²) >= 11 is 1.47. The highest BCUT2D eigenvalue weighted by molar-refractivity contribution is 7.98. The molecular weight excluding hydrogens is 336 g/mol. The monoisotopic (exact) mass is 352 g/mol. The number of fused-ring (bicyclic) bond motifs is 1. The summed E-state index contributed by atoms with van der Waals surface area (Å²) < 4.78 is 6.89. The number of ether oxygens (including phenoxy) is 1. The molecule has 0 amide bonds. The predicted molar refractivity (Wildman–Crippen MR) is 96.1 cm³/mol. The average molecular weight is 352 g/mol. The fourth-order valence-corrected chi connectivity index (χ4v) is 3.54. The number of methoxy groups -OCH3 is 1. The molecule has 0 aliphatic rings. The second kappa shape index (κ2) is 7.83. The van der Waals surface area contributed by atoms with Crippen LogP contribution >= 0.6 is 11.9 Å². The number of nitrogens with zero attached hydrogens (tertiary/aromatic N) is 3. The molecule has 2 heterocycles. The Morgan fingerprint density at radius 1 is 1.32 bits per heavy atom. The lowest BCUT2D eigenvalue weighted by atomic mass is 10.1. The predicted octanol–water partition coefficient (Wildman–Crippen LogP) is 2.99. The maximum absolute atomic E-state index is 12.4. The summed E-state index contributed by atoms with van der Waals surface area (Å²) in [5.74, 6) is -0.417. The van der Waals surface area contributed by atoms with Crippen LogP contribution in [0.25, 0.3) is 11.0 Å². The minimum absolute atomic E-state index is 0.186. The lowest BCUT2D eigenvalue weighted by Gasteiger charge is -2.10. The molecule has 0 aliphatic carbocycles. The molecule has 0 saturated carbocycles. The van der Waals surface area contributed by atoms with Crippen LogP contribution in [0.15, 0.2) is 53.6 Å². The van der Waals surface area contributed by atoms with Gasteiger partial charge in [0.1, 0.15) is 0 Å². The summed E-state index contributed by atoms with van der Waals surface area (Å²) in [4.78, 5) is 17.8. The fourth-order valence-electron chi connectivity index (χ4n) is 2.55. The molecule has 1 aromatic carbocycles. The second-order valence-corrected chi connectivity index (χ2v) is 6.17. The van der Waals surface area contributed by atoms with E-state index < -0.39 is 5.97 Å². The van der Waals surface area contributed by atoms with E-state index in [1.165, 1.54) is 19.1 Å². The van der Waals surface area contributed by atoms with Crippen LogP contribution in [0.3, 0.4) is 0 Å². The largest absolute Gasteiger partial charge is 0.465 e. The summed E-state index contributed by atoms with van der Waals surface area (Å²) in [6.45, 7) is 0.541. The maximum atomic E-state index is 12.4. The van der Waals surface area contributed by atoms with Crippen LogP contribution in [0, 0.1) is 11.3 Å². The van der Waals surface area contributed by atoms with Gasteiger partial charge in [-0.15, -0.1) is 0 Å². The Balaban J connectivity index is 2.16. The van der Waals surface area contributed by atoms with E-state index in [0.29, 0.717) is 17.8 Å². The first-order valence-corrected chi connectivity index (χ1v) is 8.41. The van der Waals surface area contributed by atoms with Gasteiger partial charge in [0.25, 0.3) is 0 Å². The van der Waals surface area contributed by atoms with Crippen molar-refractivity contribution in [3.8, 4) is 6.07 Å². The molecule has 0 radical (unpaired) electrons. The number of hydrogen-bond acceptors (Lipinski definition) is 6. The zero-order valence-corrected chi connectivity index (χ0v) is 14.4. The summed E-state index contributed by atoms with van der Waals surface area (Å²) in [6.07, 6.45) is 1.69. The van der Waals surface area contributed by atoms with Gasteiger partial charge in [0.05, 0.1) is 31.0 Å². The minimum Gasteiger partial charge on any atom is -0.465 e. The molecule has 1 N–H and O–H groups in total. The lowest BCUT2D eigenvalue weighted by Crippen LogP contribution is -2.18. The minimum atomic E-state index is -0.417. The molecule has 0 aliphatic heterocycles. The molecule has 126 valence electrons. The van der Waals surface area contributed by atoms with Crippen molar-refractivity contribution in [1.82, 2.24) is 14.3 Å². The Kier molecular flexibility index (Phi) is 5.33. The van der Waals surface area contributed by atoms with Gasteiger partial charge in [-0.25, -0.2) is 9.78 Å². The number of rotatable bonds is 6. The third kappa shape index (κ3) is 3.50. The first-order valence-electron chi connectivity index (χ1n) is 7.64. The van der Waals surface area contributed by atoms with Crippen LogP contribution in [0.1, 0.15) is 16.1 Å². The van der Waals surface area contributed by atoms with E-state index in [1.54, 1.807) is 12.3 Å². The van der Waals surface area contributed by atoms with Crippen LogP contribution in [0.5, 0.6) is 0 Å². The molecule has 0 bridgehead atoms. The second-order valence-electron chi connectivity index (χ2n) is 5.15. The Hall–Kier alpha value is -2.82. The fraction of sp³-hybridized carbons (Fsp3) is 0.167. The Bertz CT molecular complexity index is 931. The van der Waals surface area contributed by atoms with Gasteiger partial charge < -0.3 is 4.74 Å². The third-order valence-electron chi connectivity index (χ3n) is 3.61. The van der Waals surface area contributed by atoms with Gasteiger partial charge in [0.2, 0.25) is 0 Å². The van der Waals surface area contributed by atoms with E-state index in [2.05, 4.69) is 10.3 Å². The molecule has 0 saturated heterocycles. The Morgan fingerprint density at radius 3 is 2.84 bits per heavy atom. The molecule has 0 unspecified atom stereocenters. The summed E-state index contributed by atoms with van der Waals surface area (Å²) in [6, 6.07) is 15.5. The number of pyridine rings is 1. The van der Waals surface area contributed by atoms with Crippen molar-refractivity contribution in [1.29, 1.82) is 5.26 Å². The van der Waals surface area contributed by atoms with E-state index >= 15 is 0 Å². The third-order valence-corrected chi connectivity index (χ3v) is 4.67. The first kappa shape index (κ1) is 17.0. The number of nitrogens with one attached hydrogen (secondary N) is 1. The van der Waals surface area contributed by atoms with Crippen LogP contribution in [-0.2, 0) is 11.3 Å². The van der Waals surface area contributed by atoms with E-state index in [1.807, 2.05) is 46.4 Å². The van der Waals surface area contributed by atoms with Crippen molar-refractivity contribution < 1.29 is 9.53 Å². The first-order chi connectivity index (χ1) is 12.3. The molecule has 7 heteroatoms. The molecule has 0 atom stereocenters. The van der Waals surface area contributed by atoms with Gasteiger partial charge in [0.15, 0.2) is 5.65 Å². The number of hydrogen-bond donors (Lipinski definition) is 1. The normalized spacial score (nSPS) is 10.6. The van der Waals surface area contributed by atoms with Gasteiger partial charge in [0, 0.05) is 23.0 Å². The summed E-state index contributed by atoms with van der Waals surface area (Å²) in [5.41, 5.74) is 1.88. The van der Waals surface area contributed by atoms with Crippen LogP contribution in [-0.4, -0.2) is 28.6 Å². The van der Waals surface area contributed by atoms with E-state index in [0.717, 1.165) is 16.0 Å². The van der Waals surface area contributed by atoms with Gasteiger partial charge in [-0.05, 0) is 36.2 Å². The molecule has 6 nitrogen and oxygen atoms in total. The highest BCUT2D eigenvalue weighted by Gasteiger charge is 2.24. The van der Waals surface area contributed by atoms with Crippen molar-refractivity contribution in [2.75, 3.05) is 13.7 Å². The maximum Gasteiger partial charge on any atom is 0.340 e. The molecular formula is C18H16N4O2S. The summed E-state index contributed by atoms with van der Waals surface area (Å²) in [7, 11) is 1.36. The zero-order valence-electron chi connectivity index (χ0n) is 13.6. The number of carbonyl (C=O) groups is 1. The number of nitriles is 1. The molecule has 25 heavy (non-hydrogen) atoms. The highest BCUT2D eigenvalue weighted by Crippen LogP contribution is 2.32. The van der Waals surface area contributed by atoms with Crippen molar-refractivity contribution in [3.63, 3.8) is 0 Å². The van der Waals surface area contributed by atoms with Gasteiger partial charge in [-0.1, -0.05) is 18.2 Å². The van der Waals surface area contributed by atoms with Crippen LogP contribution < -0.4 is 5.32 Å². The smallest absolute Gasteiger partial charge is 0.340 e. The van der Waals surface area contributed by atoms with E-state index in [9.17, 15) is 4.79 Å². The number of benzene rings is 1. The van der Waals surface area contributed by atoms with Gasteiger partial charge >= 0.3 is 5.97 Å². The average Bonchev–Trinajstić information content (AvgIpc) is 2.96. The van der Waals surface area contributed by atoms with Crippen molar-refractivity contribution in [3.05, 3.63) is 59.9 Å². The van der Waals surface area contributed by atoms with E-state index in [4.69, 9.17) is 10.00 Å². The quantitative estimate of drug-likeness (QED) is 0.417. The van der Waals surface area contributed by atoms with Crippen molar-refractivity contribution >= 4 is 29.0 Å². The van der Waals surface area contributed by atoms with Crippen molar-refractivity contribution in [2.24, 2.45) is 0 Å². The highest BCUT2D eigenvalue weighted by atomic mass is 32.2. The molecule has 2 aromatic heterocycles. The molecule has 3 aromatic rings. The number of carbonyl (C=O) groups excluding carboxylic acids is 1. The Morgan fingerprint density at radius 2 is 2.12 bits per heavy atom. The zero-order chi connectivity index (χ0) is 17.6. The number of esters is 1. The molecule has 0 fully saturated rings. The summed E-state index contributed by atoms with van der Waals surface area (Å²) in [5, 5.41) is 12.5. The lowest BCUT2D eigenvalue weighted by molar-refractivity contribution is 0.0601. The topological polar surface area (TPSA) is 79.9 Å². The van der Waals surface area contributed by atoms with E-state index in [-0.39, 0.29) is 6.54 Å². The standard InChI is InChI=1S/C18H16N4O2S/c1-24-18(23)16-14-8-5-10-21-17(14)22(15(16)12-20-11-9-19)25-13-6-3-2-4-7-13/h2-8,10,20H,11-12H2,1H3. The van der Waals surface area contributed by atoms with Crippen molar-refractivity contribution in [2.45, 2.75) is 11.4 Å². The van der Waals surface area contributed by atoms with Gasteiger partial charge in [-0.3, -0.25) is 9.29 Å². The molecule has 3 rings (SSSR count). The SMILES string of the molecule is COC(=O)c1c(CNCC#N)n(Sc2ccccc2)c2ncccc12.